The van der Waals surface area contributed by atoms with Crippen LogP contribution in [-0.2, 0) is 9.53 Å². The Hall–Kier alpha value is -3.20. The third-order valence-electron chi connectivity index (χ3n) is 3.61. The number of fused-ring (bicyclic) bond motifs is 1. The van der Waals surface area contributed by atoms with E-state index in [4.69, 9.17) is 0 Å². The summed E-state index contributed by atoms with van der Waals surface area (Å²) in [5, 5.41) is 11.5. The number of nitrogens with zero attached hydrogens (tertiary/aromatic N) is 3. The van der Waals surface area contributed by atoms with Gasteiger partial charge in [-0.15, -0.1) is 0 Å². The van der Waals surface area contributed by atoms with Crippen LogP contribution in [0.25, 0.3) is 16.6 Å². The number of rotatable bonds is 5. The van der Waals surface area contributed by atoms with Gasteiger partial charge in [-0.1, -0.05) is 23.9 Å². The van der Waals surface area contributed by atoms with Gasteiger partial charge in [-0.2, -0.15) is 0 Å². The summed E-state index contributed by atoms with van der Waals surface area (Å²) < 4.78 is 5.96. The van der Waals surface area contributed by atoms with Crippen molar-refractivity contribution in [2.75, 3.05) is 12.9 Å². The van der Waals surface area contributed by atoms with Gasteiger partial charge in [-0.25, -0.2) is 4.98 Å². The van der Waals surface area contributed by atoms with E-state index in [0.29, 0.717) is 21.7 Å². The lowest BCUT2D eigenvalue weighted by Gasteiger charge is -2.12. The summed E-state index contributed by atoms with van der Waals surface area (Å²) >= 11 is 1.06. The molecule has 0 saturated heterocycles. The number of nitro benzene ring substituents is 1. The Morgan fingerprint density at radius 2 is 1.92 bits per heavy atom. The highest BCUT2D eigenvalue weighted by Gasteiger charge is 2.15. The van der Waals surface area contributed by atoms with Crippen molar-refractivity contribution >= 4 is 34.3 Å². The third-order valence-corrected chi connectivity index (χ3v) is 4.52. The van der Waals surface area contributed by atoms with E-state index in [2.05, 4.69) is 9.72 Å². The molecular formula is C17H13N3O5S. The average Bonchev–Trinajstić information content (AvgIpc) is 2.66. The summed E-state index contributed by atoms with van der Waals surface area (Å²) in [6, 6.07) is 12.4. The van der Waals surface area contributed by atoms with Crippen molar-refractivity contribution < 1.29 is 14.5 Å². The maximum absolute atomic E-state index is 12.9. The van der Waals surface area contributed by atoms with E-state index >= 15 is 0 Å². The number of non-ortho nitro benzene ring substituents is 1. The molecule has 0 aliphatic rings. The third kappa shape index (κ3) is 3.42. The number of carbonyl (C=O) groups is 1. The molecule has 132 valence electrons. The van der Waals surface area contributed by atoms with Crippen LogP contribution in [-0.4, -0.2) is 33.3 Å². The highest BCUT2D eigenvalue weighted by molar-refractivity contribution is 7.99. The minimum absolute atomic E-state index is 0.0196. The molecule has 0 amide bonds. The molecule has 0 radical (unpaired) electrons. The summed E-state index contributed by atoms with van der Waals surface area (Å²) in [6.07, 6.45) is 0. The van der Waals surface area contributed by atoms with Crippen molar-refractivity contribution in [1.82, 2.24) is 9.55 Å². The lowest BCUT2D eigenvalue weighted by molar-refractivity contribution is -0.384. The van der Waals surface area contributed by atoms with Crippen molar-refractivity contribution in [2.45, 2.75) is 5.16 Å². The zero-order valence-corrected chi connectivity index (χ0v) is 14.4. The predicted molar refractivity (Wildman–Crippen MR) is 96.7 cm³/mol. The van der Waals surface area contributed by atoms with Crippen molar-refractivity contribution in [2.24, 2.45) is 0 Å². The first kappa shape index (κ1) is 17.6. The zero-order valence-electron chi connectivity index (χ0n) is 13.6. The number of methoxy groups -OCH3 is 1. The molecule has 0 saturated carbocycles. The Bertz CT molecular complexity index is 1050. The van der Waals surface area contributed by atoms with E-state index in [1.54, 1.807) is 24.3 Å². The molecule has 1 heterocycles. The van der Waals surface area contributed by atoms with Crippen LogP contribution in [0.1, 0.15) is 0 Å². The molecule has 26 heavy (non-hydrogen) atoms. The monoisotopic (exact) mass is 371 g/mol. The maximum atomic E-state index is 12.9. The molecule has 9 heteroatoms. The fraction of sp³-hybridized carbons (Fsp3) is 0.118. The number of para-hydroxylation sites is 1. The van der Waals surface area contributed by atoms with E-state index < -0.39 is 10.9 Å². The molecule has 1 aromatic heterocycles. The Morgan fingerprint density at radius 3 is 2.58 bits per heavy atom. The van der Waals surface area contributed by atoms with Gasteiger partial charge in [0, 0.05) is 12.1 Å². The Kier molecular flexibility index (Phi) is 4.99. The van der Waals surface area contributed by atoms with Gasteiger partial charge in [-0.3, -0.25) is 24.3 Å². The second kappa shape index (κ2) is 7.36. The second-order valence-corrected chi connectivity index (χ2v) is 6.13. The molecule has 2 aromatic carbocycles. The van der Waals surface area contributed by atoms with E-state index in [1.807, 2.05) is 0 Å². The summed E-state index contributed by atoms with van der Waals surface area (Å²) in [5.41, 5.74) is 0.519. The molecule has 0 fully saturated rings. The van der Waals surface area contributed by atoms with Crippen molar-refractivity contribution in [3.05, 3.63) is 69.0 Å². The summed E-state index contributed by atoms with van der Waals surface area (Å²) in [6.45, 7) is 0. The molecule has 0 aliphatic carbocycles. The number of hydrogen-bond donors (Lipinski definition) is 0. The number of ether oxygens (including phenoxy) is 1. The van der Waals surface area contributed by atoms with Crippen LogP contribution in [0.15, 0.2) is 58.5 Å². The molecule has 0 N–H and O–H groups in total. The second-order valence-electron chi connectivity index (χ2n) is 5.19. The lowest BCUT2D eigenvalue weighted by Crippen LogP contribution is -2.22. The normalized spacial score (nSPS) is 10.7. The Balaban J connectivity index is 2.17. The van der Waals surface area contributed by atoms with Crippen LogP contribution in [0.3, 0.4) is 0 Å². The summed E-state index contributed by atoms with van der Waals surface area (Å²) in [5.74, 6) is -0.471. The van der Waals surface area contributed by atoms with Gasteiger partial charge in [0.15, 0.2) is 5.16 Å². The molecule has 0 atom stereocenters. The van der Waals surface area contributed by atoms with Crippen LogP contribution >= 0.6 is 11.8 Å². The molecule has 0 bridgehead atoms. The van der Waals surface area contributed by atoms with E-state index in [0.717, 1.165) is 11.8 Å². The average molecular weight is 371 g/mol. The lowest BCUT2D eigenvalue weighted by atomic mass is 10.2. The molecule has 3 aromatic rings. The van der Waals surface area contributed by atoms with Crippen LogP contribution in [0.5, 0.6) is 0 Å². The SMILES string of the molecule is COC(=O)CSc1nc2ccccc2c(=O)n1-c1ccc([N+](=O)[O-])cc1. The van der Waals surface area contributed by atoms with Crippen LogP contribution in [0.2, 0.25) is 0 Å². The largest absolute Gasteiger partial charge is 0.468 e. The number of benzene rings is 2. The smallest absolute Gasteiger partial charge is 0.316 e. The zero-order chi connectivity index (χ0) is 18.7. The highest BCUT2D eigenvalue weighted by Crippen LogP contribution is 2.22. The topological polar surface area (TPSA) is 104 Å². The molecule has 0 spiro atoms. The van der Waals surface area contributed by atoms with E-state index in [1.165, 1.54) is 35.9 Å². The van der Waals surface area contributed by atoms with E-state index in [-0.39, 0.29) is 17.0 Å². The van der Waals surface area contributed by atoms with Crippen molar-refractivity contribution in [3.63, 3.8) is 0 Å². The number of esters is 1. The van der Waals surface area contributed by atoms with Gasteiger partial charge >= 0.3 is 5.97 Å². The maximum Gasteiger partial charge on any atom is 0.316 e. The first-order valence-electron chi connectivity index (χ1n) is 7.47. The molecule has 3 rings (SSSR count). The summed E-state index contributed by atoms with van der Waals surface area (Å²) in [4.78, 5) is 39.2. The molecular weight excluding hydrogens is 358 g/mol. The Morgan fingerprint density at radius 1 is 1.23 bits per heavy atom. The minimum atomic E-state index is -0.516. The van der Waals surface area contributed by atoms with Gasteiger partial charge in [0.05, 0.1) is 34.4 Å². The number of aromatic nitrogens is 2. The van der Waals surface area contributed by atoms with Crippen LogP contribution in [0, 0.1) is 10.1 Å². The number of hydrogen-bond acceptors (Lipinski definition) is 7. The predicted octanol–water partition coefficient (Wildman–Crippen LogP) is 2.56. The number of carbonyl (C=O) groups excluding carboxylic acids is 1. The van der Waals surface area contributed by atoms with E-state index in [9.17, 15) is 19.7 Å². The van der Waals surface area contributed by atoms with Gasteiger partial charge in [0.25, 0.3) is 11.2 Å². The number of nitro groups is 1. The van der Waals surface area contributed by atoms with Crippen molar-refractivity contribution in [1.29, 1.82) is 0 Å². The van der Waals surface area contributed by atoms with Gasteiger partial charge in [0.2, 0.25) is 0 Å². The minimum Gasteiger partial charge on any atom is -0.468 e. The quantitative estimate of drug-likeness (QED) is 0.223. The first-order valence-corrected chi connectivity index (χ1v) is 8.46. The van der Waals surface area contributed by atoms with Gasteiger partial charge < -0.3 is 4.74 Å². The molecule has 0 aliphatic heterocycles. The van der Waals surface area contributed by atoms with Crippen LogP contribution < -0.4 is 5.56 Å². The first-order chi connectivity index (χ1) is 12.5. The number of thioether (sulfide) groups is 1. The fourth-order valence-electron chi connectivity index (χ4n) is 2.34. The van der Waals surface area contributed by atoms with Gasteiger partial charge in [0.1, 0.15) is 0 Å². The molecule has 8 nitrogen and oxygen atoms in total. The highest BCUT2D eigenvalue weighted by atomic mass is 32.2. The Labute approximate surface area is 151 Å². The fourth-order valence-corrected chi connectivity index (χ4v) is 3.19. The molecule has 0 unspecified atom stereocenters. The van der Waals surface area contributed by atoms with Crippen molar-refractivity contribution in [3.8, 4) is 5.69 Å². The van der Waals surface area contributed by atoms with Gasteiger partial charge in [-0.05, 0) is 24.3 Å². The summed E-state index contributed by atoms with van der Waals surface area (Å²) in [7, 11) is 1.28. The standard InChI is InChI=1S/C17H13N3O5S/c1-25-15(21)10-26-17-18-14-5-3-2-4-13(14)16(22)19(17)11-6-8-12(9-7-11)20(23)24/h2-9H,10H2,1H3. The van der Waals surface area contributed by atoms with Crippen LogP contribution in [0.4, 0.5) is 5.69 Å².